The van der Waals surface area contributed by atoms with Crippen molar-refractivity contribution in [2.45, 2.75) is 19.8 Å². The number of hydrogen-bond acceptors (Lipinski definition) is 3. The van der Waals surface area contributed by atoms with Crippen LogP contribution in [-0.4, -0.2) is 42.9 Å². The van der Waals surface area contributed by atoms with Gasteiger partial charge < -0.3 is 9.64 Å². The molecule has 0 spiro atoms. The van der Waals surface area contributed by atoms with E-state index in [-0.39, 0.29) is 12.5 Å². The van der Waals surface area contributed by atoms with Gasteiger partial charge in [-0.05, 0) is 19.8 Å². The lowest BCUT2D eigenvalue weighted by atomic mass is 10.2. The summed E-state index contributed by atoms with van der Waals surface area (Å²) in [5.41, 5.74) is 0.292. The fourth-order valence-electron chi connectivity index (χ4n) is 1.22. The topological polar surface area (TPSA) is 46.6 Å². The van der Waals surface area contributed by atoms with Crippen LogP contribution < -0.4 is 0 Å². The number of ether oxygens (including phenoxy) is 1. The standard InChI is InChI=1S/C11H18ClNO3/c1-3-13(7-5-4-6-12)11(15)10(2)8-16-9-14/h9H,2-8H2,1H3. The molecule has 0 fully saturated rings. The normalized spacial score (nSPS) is 9.62. The number of likely N-dealkylation sites (N-methyl/N-ethyl adjacent to an activating group) is 1. The van der Waals surface area contributed by atoms with Gasteiger partial charge in [-0.15, -0.1) is 11.6 Å². The van der Waals surface area contributed by atoms with Gasteiger partial charge in [0.15, 0.2) is 0 Å². The Morgan fingerprint density at radius 3 is 2.69 bits per heavy atom. The minimum Gasteiger partial charge on any atom is -0.463 e. The molecule has 0 atom stereocenters. The third kappa shape index (κ3) is 5.75. The Morgan fingerprint density at radius 2 is 2.19 bits per heavy atom. The molecule has 0 saturated carbocycles. The van der Waals surface area contributed by atoms with E-state index in [1.807, 2.05) is 6.92 Å². The van der Waals surface area contributed by atoms with Crippen molar-refractivity contribution in [3.63, 3.8) is 0 Å². The van der Waals surface area contributed by atoms with Gasteiger partial charge in [0.2, 0.25) is 0 Å². The van der Waals surface area contributed by atoms with E-state index >= 15 is 0 Å². The second-order valence-corrected chi connectivity index (χ2v) is 3.67. The highest BCUT2D eigenvalue weighted by Gasteiger charge is 2.14. The molecule has 92 valence electrons. The maximum Gasteiger partial charge on any atom is 0.293 e. The number of rotatable bonds is 9. The van der Waals surface area contributed by atoms with Crippen molar-refractivity contribution in [1.29, 1.82) is 0 Å². The molecule has 0 aliphatic rings. The first-order valence-corrected chi connectivity index (χ1v) is 5.79. The monoisotopic (exact) mass is 247 g/mol. The third-order valence-corrected chi connectivity index (χ3v) is 2.38. The second kappa shape index (κ2) is 9.21. The summed E-state index contributed by atoms with van der Waals surface area (Å²) in [7, 11) is 0. The van der Waals surface area contributed by atoms with E-state index < -0.39 is 0 Å². The van der Waals surface area contributed by atoms with Crippen molar-refractivity contribution in [2.75, 3.05) is 25.6 Å². The summed E-state index contributed by atoms with van der Waals surface area (Å²) in [6.07, 6.45) is 1.74. The molecule has 0 aliphatic carbocycles. The van der Waals surface area contributed by atoms with Gasteiger partial charge in [0.05, 0.1) is 0 Å². The molecule has 0 saturated heterocycles. The fourth-order valence-corrected chi connectivity index (χ4v) is 1.41. The quantitative estimate of drug-likeness (QED) is 0.269. The number of halogens is 1. The molecule has 0 heterocycles. The molecule has 0 radical (unpaired) electrons. The van der Waals surface area contributed by atoms with E-state index in [4.69, 9.17) is 11.6 Å². The SMILES string of the molecule is C=C(COC=O)C(=O)N(CC)CCCCCl. The lowest BCUT2D eigenvalue weighted by Crippen LogP contribution is -2.33. The summed E-state index contributed by atoms with van der Waals surface area (Å²) < 4.78 is 4.49. The van der Waals surface area contributed by atoms with Crippen molar-refractivity contribution in [3.05, 3.63) is 12.2 Å². The van der Waals surface area contributed by atoms with Crippen LogP contribution in [0.1, 0.15) is 19.8 Å². The molecule has 0 aromatic rings. The minimum absolute atomic E-state index is 0.0473. The number of carbonyl (C=O) groups excluding carboxylic acids is 2. The van der Waals surface area contributed by atoms with E-state index in [1.165, 1.54) is 0 Å². The molecule has 0 rings (SSSR count). The fraction of sp³-hybridized carbons (Fsp3) is 0.636. The smallest absolute Gasteiger partial charge is 0.293 e. The molecule has 5 heteroatoms. The maximum absolute atomic E-state index is 11.8. The molecular weight excluding hydrogens is 230 g/mol. The van der Waals surface area contributed by atoms with Gasteiger partial charge in [-0.25, -0.2) is 0 Å². The Bertz CT molecular complexity index is 243. The van der Waals surface area contributed by atoms with E-state index in [9.17, 15) is 9.59 Å². The third-order valence-electron chi connectivity index (χ3n) is 2.11. The first kappa shape index (κ1) is 15.0. The average Bonchev–Trinajstić information content (AvgIpc) is 2.31. The molecular formula is C11H18ClNO3. The van der Waals surface area contributed by atoms with Crippen LogP contribution >= 0.6 is 11.6 Å². The number of alkyl halides is 1. The number of carbonyl (C=O) groups is 2. The van der Waals surface area contributed by atoms with Crippen molar-refractivity contribution in [2.24, 2.45) is 0 Å². The van der Waals surface area contributed by atoms with Gasteiger partial charge in [0.1, 0.15) is 6.61 Å². The lowest BCUT2D eigenvalue weighted by molar-refractivity contribution is -0.130. The van der Waals surface area contributed by atoms with E-state index in [1.54, 1.807) is 4.90 Å². The summed E-state index contributed by atoms with van der Waals surface area (Å²) in [4.78, 5) is 23.4. The second-order valence-electron chi connectivity index (χ2n) is 3.29. The molecule has 0 unspecified atom stereocenters. The van der Waals surface area contributed by atoms with Gasteiger partial charge >= 0.3 is 0 Å². The highest BCUT2D eigenvalue weighted by atomic mass is 35.5. The van der Waals surface area contributed by atoms with E-state index in [2.05, 4.69) is 11.3 Å². The zero-order valence-electron chi connectivity index (χ0n) is 9.58. The lowest BCUT2D eigenvalue weighted by Gasteiger charge is -2.21. The Labute approximate surface area is 101 Å². The maximum atomic E-state index is 11.8. The molecule has 0 N–H and O–H groups in total. The summed E-state index contributed by atoms with van der Waals surface area (Å²) in [5, 5.41) is 0. The molecule has 16 heavy (non-hydrogen) atoms. The number of nitrogens with zero attached hydrogens (tertiary/aromatic N) is 1. The van der Waals surface area contributed by atoms with E-state index in [0.29, 0.717) is 31.0 Å². The first-order valence-electron chi connectivity index (χ1n) is 5.25. The van der Waals surface area contributed by atoms with Crippen molar-refractivity contribution in [1.82, 2.24) is 4.90 Å². The number of hydrogen-bond donors (Lipinski definition) is 0. The van der Waals surface area contributed by atoms with Gasteiger partial charge in [-0.1, -0.05) is 6.58 Å². The van der Waals surface area contributed by atoms with Crippen LogP contribution in [0.2, 0.25) is 0 Å². The predicted molar refractivity (Wildman–Crippen MR) is 63.4 cm³/mol. The largest absolute Gasteiger partial charge is 0.463 e. The first-order chi connectivity index (χ1) is 7.67. The Hall–Kier alpha value is -1.03. The zero-order chi connectivity index (χ0) is 12.4. The average molecular weight is 248 g/mol. The minimum atomic E-state index is -0.168. The molecule has 1 amide bonds. The van der Waals surface area contributed by atoms with Crippen molar-refractivity contribution >= 4 is 24.0 Å². The summed E-state index contributed by atoms with van der Waals surface area (Å²) in [6.45, 7) is 7.01. The van der Waals surface area contributed by atoms with Gasteiger partial charge in [0.25, 0.3) is 12.4 Å². The highest BCUT2D eigenvalue weighted by Crippen LogP contribution is 2.03. The van der Waals surface area contributed by atoms with Crippen LogP contribution in [0.5, 0.6) is 0 Å². The summed E-state index contributed by atoms with van der Waals surface area (Å²) >= 11 is 5.56. The number of amides is 1. The van der Waals surface area contributed by atoms with Gasteiger partial charge in [-0.3, -0.25) is 9.59 Å². The predicted octanol–water partition coefficient (Wildman–Crippen LogP) is 1.58. The zero-order valence-corrected chi connectivity index (χ0v) is 10.3. The highest BCUT2D eigenvalue weighted by molar-refractivity contribution is 6.17. The molecule has 0 aromatic carbocycles. The Morgan fingerprint density at radius 1 is 1.50 bits per heavy atom. The van der Waals surface area contributed by atoms with Crippen molar-refractivity contribution < 1.29 is 14.3 Å². The van der Waals surface area contributed by atoms with Crippen LogP contribution in [0.4, 0.5) is 0 Å². The van der Waals surface area contributed by atoms with Gasteiger partial charge in [0, 0.05) is 24.5 Å². The van der Waals surface area contributed by atoms with Crippen molar-refractivity contribution in [3.8, 4) is 0 Å². The molecule has 4 nitrogen and oxygen atoms in total. The molecule has 0 aliphatic heterocycles. The van der Waals surface area contributed by atoms with E-state index in [0.717, 1.165) is 12.8 Å². The van der Waals surface area contributed by atoms with Gasteiger partial charge in [-0.2, -0.15) is 0 Å². The van der Waals surface area contributed by atoms with Crippen LogP contribution in [0.15, 0.2) is 12.2 Å². The Kier molecular flexibility index (Phi) is 8.62. The number of unbranched alkanes of at least 4 members (excludes halogenated alkanes) is 1. The molecule has 0 aromatic heterocycles. The van der Waals surface area contributed by atoms with Crippen LogP contribution in [-0.2, 0) is 14.3 Å². The Balaban J connectivity index is 4.07. The van der Waals surface area contributed by atoms with Crippen LogP contribution in [0, 0.1) is 0 Å². The molecule has 0 bridgehead atoms. The van der Waals surface area contributed by atoms with Crippen LogP contribution in [0.25, 0.3) is 0 Å². The summed E-state index contributed by atoms with van der Waals surface area (Å²) in [6, 6.07) is 0. The summed E-state index contributed by atoms with van der Waals surface area (Å²) in [5.74, 6) is 0.430. The van der Waals surface area contributed by atoms with Crippen LogP contribution in [0.3, 0.4) is 0 Å².